The molecular formula is C19H22N4O6S. The number of nitro groups is 1. The van der Waals surface area contributed by atoms with Crippen LogP contribution < -0.4 is 10.1 Å². The van der Waals surface area contributed by atoms with Crippen molar-refractivity contribution in [2.75, 3.05) is 45.2 Å². The Kier molecular flexibility index (Phi) is 6.65. The molecule has 0 aromatic heterocycles. The molecule has 0 saturated carbocycles. The van der Waals surface area contributed by atoms with Crippen molar-refractivity contribution < 1.29 is 22.9 Å². The molecule has 2 aromatic carbocycles. The van der Waals surface area contributed by atoms with Crippen molar-refractivity contribution in [2.24, 2.45) is 0 Å². The molecule has 0 radical (unpaired) electrons. The minimum Gasteiger partial charge on any atom is -0.497 e. The first kappa shape index (κ1) is 21.7. The maximum atomic E-state index is 12.8. The summed E-state index contributed by atoms with van der Waals surface area (Å²) < 4.78 is 32.0. The SMILES string of the molecule is COc1ccc(S(=O)(=O)N2CCN(CC(=O)Nc3ccc([N+](=O)[O-])cc3)CC2)cc1. The highest BCUT2D eigenvalue weighted by molar-refractivity contribution is 7.89. The molecule has 10 nitrogen and oxygen atoms in total. The molecule has 0 unspecified atom stereocenters. The minimum absolute atomic E-state index is 0.0535. The lowest BCUT2D eigenvalue weighted by Crippen LogP contribution is -2.50. The third kappa shape index (κ3) is 5.12. The molecule has 1 aliphatic rings. The Hall–Kier alpha value is -3.02. The normalized spacial score (nSPS) is 15.5. The van der Waals surface area contributed by atoms with Crippen LogP contribution in [-0.2, 0) is 14.8 Å². The second-order valence-corrected chi connectivity index (χ2v) is 8.65. The number of anilines is 1. The lowest BCUT2D eigenvalue weighted by molar-refractivity contribution is -0.384. The Morgan fingerprint density at radius 2 is 1.67 bits per heavy atom. The zero-order chi connectivity index (χ0) is 21.7. The number of carbonyl (C=O) groups excluding carboxylic acids is 1. The number of carbonyl (C=O) groups is 1. The number of non-ortho nitro benzene ring substituents is 1. The Morgan fingerprint density at radius 3 is 2.20 bits per heavy atom. The summed E-state index contributed by atoms with van der Waals surface area (Å²) in [7, 11) is -2.09. The number of hydrogen-bond donors (Lipinski definition) is 1. The van der Waals surface area contributed by atoms with E-state index < -0.39 is 14.9 Å². The first-order valence-corrected chi connectivity index (χ1v) is 10.6. The van der Waals surface area contributed by atoms with E-state index in [1.54, 1.807) is 12.1 Å². The Bertz CT molecular complexity index is 1000. The van der Waals surface area contributed by atoms with Gasteiger partial charge < -0.3 is 10.1 Å². The van der Waals surface area contributed by atoms with Crippen LogP contribution in [0.25, 0.3) is 0 Å². The first-order valence-electron chi connectivity index (χ1n) is 9.20. The predicted octanol–water partition coefficient (Wildman–Crippen LogP) is 1.55. The predicted molar refractivity (Wildman–Crippen MR) is 110 cm³/mol. The summed E-state index contributed by atoms with van der Waals surface area (Å²) >= 11 is 0. The average molecular weight is 434 g/mol. The van der Waals surface area contributed by atoms with Gasteiger partial charge in [-0.05, 0) is 36.4 Å². The highest BCUT2D eigenvalue weighted by Crippen LogP contribution is 2.21. The lowest BCUT2D eigenvalue weighted by Gasteiger charge is -2.33. The largest absolute Gasteiger partial charge is 0.497 e. The Morgan fingerprint density at radius 1 is 1.07 bits per heavy atom. The number of benzene rings is 2. The van der Waals surface area contributed by atoms with Crippen molar-refractivity contribution in [3.8, 4) is 5.75 Å². The molecular weight excluding hydrogens is 412 g/mol. The molecule has 11 heteroatoms. The smallest absolute Gasteiger partial charge is 0.269 e. The first-order chi connectivity index (χ1) is 14.3. The number of amides is 1. The minimum atomic E-state index is -3.60. The van der Waals surface area contributed by atoms with E-state index in [-0.39, 0.29) is 36.1 Å². The molecule has 0 bridgehead atoms. The van der Waals surface area contributed by atoms with Gasteiger partial charge in [-0.2, -0.15) is 4.31 Å². The van der Waals surface area contributed by atoms with E-state index in [4.69, 9.17) is 4.74 Å². The molecule has 1 fully saturated rings. The number of rotatable bonds is 7. The monoisotopic (exact) mass is 434 g/mol. The number of ether oxygens (including phenoxy) is 1. The number of methoxy groups -OCH3 is 1. The maximum Gasteiger partial charge on any atom is 0.269 e. The van der Waals surface area contributed by atoms with Crippen molar-refractivity contribution >= 4 is 27.3 Å². The summed E-state index contributed by atoms with van der Waals surface area (Å²) in [4.78, 5) is 24.5. The van der Waals surface area contributed by atoms with Gasteiger partial charge in [0.25, 0.3) is 5.69 Å². The zero-order valence-electron chi connectivity index (χ0n) is 16.4. The summed E-state index contributed by atoms with van der Waals surface area (Å²) in [5.41, 5.74) is 0.411. The van der Waals surface area contributed by atoms with Gasteiger partial charge in [0, 0.05) is 44.0 Å². The van der Waals surface area contributed by atoms with Gasteiger partial charge in [-0.3, -0.25) is 19.8 Å². The average Bonchev–Trinajstić information content (AvgIpc) is 2.74. The van der Waals surface area contributed by atoms with Gasteiger partial charge in [-0.1, -0.05) is 0 Å². The molecule has 160 valence electrons. The zero-order valence-corrected chi connectivity index (χ0v) is 17.2. The number of sulfonamides is 1. The van der Waals surface area contributed by atoms with Gasteiger partial charge in [-0.15, -0.1) is 0 Å². The van der Waals surface area contributed by atoms with Gasteiger partial charge in [-0.25, -0.2) is 8.42 Å². The highest BCUT2D eigenvalue weighted by atomic mass is 32.2. The van der Waals surface area contributed by atoms with E-state index in [1.165, 1.54) is 47.8 Å². The van der Waals surface area contributed by atoms with Crippen molar-refractivity contribution in [3.63, 3.8) is 0 Å². The van der Waals surface area contributed by atoms with Gasteiger partial charge in [0.15, 0.2) is 0 Å². The second kappa shape index (κ2) is 9.20. The second-order valence-electron chi connectivity index (χ2n) is 6.71. The highest BCUT2D eigenvalue weighted by Gasteiger charge is 2.29. The molecule has 0 atom stereocenters. The van der Waals surface area contributed by atoms with Crippen LogP contribution in [0.4, 0.5) is 11.4 Å². The third-order valence-electron chi connectivity index (χ3n) is 4.76. The summed E-state index contributed by atoms with van der Waals surface area (Å²) in [6.07, 6.45) is 0. The molecule has 1 heterocycles. The number of nitro benzene ring substituents is 1. The van der Waals surface area contributed by atoms with Gasteiger partial charge in [0.05, 0.1) is 23.5 Å². The summed E-state index contributed by atoms with van der Waals surface area (Å²) in [6.45, 7) is 1.50. The van der Waals surface area contributed by atoms with E-state index in [0.29, 0.717) is 24.5 Å². The molecule has 1 amide bonds. The molecule has 0 aliphatic carbocycles. The van der Waals surface area contributed by atoms with Gasteiger partial charge >= 0.3 is 0 Å². The van der Waals surface area contributed by atoms with Crippen molar-refractivity contribution in [1.29, 1.82) is 0 Å². The van der Waals surface area contributed by atoms with Gasteiger partial charge in [0.1, 0.15) is 5.75 Å². The quantitative estimate of drug-likeness (QED) is 0.518. The van der Waals surface area contributed by atoms with Crippen LogP contribution in [0.1, 0.15) is 0 Å². The fourth-order valence-electron chi connectivity index (χ4n) is 3.09. The molecule has 1 aliphatic heterocycles. The van der Waals surface area contributed by atoms with Crippen LogP contribution in [0.5, 0.6) is 5.75 Å². The van der Waals surface area contributed by atoms with E-state index in [9.17, 15) is 23.3 Å². The molecule has 3 rings (SSSR count). The molecule has 0 spiro atoms. The Balaban J connectivity index is 1.52. The van der Waals surface area contributed by atoms with Crippen LogP contribution in [-0.4, -0.2) is 68.3 Å². The number of nitrogens with one attached hydrogen (secondary N) is 1. The lowest BCUT2D eigenvalue weighted by atomic mass is 10.3. The fraction of sp³-hybridized carbons (Fsp3) is 0.316. The summed E-state index contributed by atoms with van der Waals surface area (Å²) in [5.74, 6) is 0.313. The van der Waals surface area contributed by atoms with Crippen molar-refractivity contribution in [2.45, 2.75) is 4.90 Å². The van der Waals surface area contributed by atoms with E-state index >= 15 is 0 Å². The molecule has 30 heavy (non-hydrogen) atoms. The standard InChI is InChI=1S/C19H22N4O6S/c1-29-17-6-8-18(9-7-17)30(27,28)22-12-10-21(11-13-22)14-19(24)20-15-2-4-16(5-3-15)23(25)26/h2-9H,10-14H2,1H3,(H,20,24). The van der Waals surface area contributed by atoms with E-state index in [1.807, 2.05) is 4.90 Å². The number of piperazine rings is 1. The molecule has 2 aromatic rings. The van der Waals surface area contributed by atoms with Crippen molar-refractivity contribution in [3.05, 3.63) is 58.6 Å². The number of hydrogen-bond acceptors (Lipinski definition) is 7. The topological polar surface area (TPSA) is 122 Å². The van der Waals surface area contributed by atoms with Crippen molar-refractivity contribution in [1.82, 2.24) is 9.21 Å². The summed E-state index contributed by atoms with van der Waals surface area (Å²) in [6, 6.07) is 11.8. The Labute approximate surface area is 174 Å². The van der Waals surface area contributed by atoms with Crippen LogP contribution in [0.15, 0.2) is 53.4 Å². The molecule has 1 N–H and O–H groups in total. The van der Waals surface area contributed by atoms with E-state index in [0.717, 1.165) is 0 Å². The molecule has 1 saturated heterocycles. The van der Waals surface area contributed by atoms with E-state index in [2.05, 4.69) is 5.32 Å². The fourth-order valence-corrected chi connectivity index (χ4v) is 4.52. The van der Waals surface area contributed by atoms with Crippen LogP contribution in [0, 0.1) is 10.1 Å². The van der Waals surface area contributed by atoms with Crippen LogP contribution in [0.3, 0.4) is 0 Å². The third-order valence-corrected chi connectivity index (χ3v) is 6.67. The van der Waals surface area contributed by atoms with Crippen LogP contribution >= 0.6 is 0 Å². The summed E-state index contributed by atoms with van der Waals surface area (Å²) in [5, 5.41) is 13.4. The van der Waals surface area contributed by atoms with Crippen LogP contribution in [0.2, 0.25) is 0 Å². The van der Waals surface area contributed by atoms with Gasteiger partial charge in [0.2, 0.25) is 15.9 Å². The maximum absolute atomic E-state index is 12.8. The number of nitrogens with zero attached hydrogens (tertiary/aromatic N) is 3.